The van der Waals surface area contributed by atoms with Gasteiger partial charge in [-0.3, -0.25) is 14.8 Å². The summed E-state index contributed by atoms with van der Waals surface area (Å²) in [6, 6.07) is 26.8. The maximum atomic E-state index is 13.0. The molecule has 0 bridgehead atoms. The predicted molar refractivity (Wildman–Crippen MR) is 213 cm³/mol. The SMILES string of the molecule is CC(C)(C)OC(=O)N1CCC[C@H]1C1=NC=C(c2ccc3c(c2)COc2c-3ccc3cc(-c4cnc([C@@H]5CCCN5C(=O)OCc5ccccc5)[nH]4)ccc23)C1. The monoisotopic (exact) mass is 735 g/mol. The molecule has 4 aromatic carbocycles. The highest BCUT2D eigenvalue weighted by Crippen LogP contribution is 2.44. The first-order chi connectivity index (χ1) is 26.7. The number of ether oxygens (including phenoxy) is 3. The molecule has 10 heteroatoms. The number of rotatable bonds is 6. The standard InChI is InChI=1S/C45H45N5O5/c1-45(2,3)55-44(52)49-19-7-11-39(49)37-23-32(24-46-37)29-13-16-34-33(21-29)27-53-41-35-17-15-31(22-30(35)14-18-36(34)41)38-25-47-42(48-38)40-12-8-20-50(40)43(51)54-26-28-9-5-4-6-10-28/h4-6,9-10,13-18,21-22,24-25,39-40H,7-8,11-12,19-20,23,26-27H2,1-3H3,(H,47,48)/t39-,40-/m0/s1. The number of likely N-dealkylation sites (tertiary alicyclic amines) is 2. The summed E-state index contributed by atoms with van der Waals surface area (Å²) >= 11 is 0. The van der Waals surface area contributed by atoms with E-state index in [4.69, 9.17) is 24.2 Å². The molecule has 55 heavy (non-hydrogen) atoms. The number of carbonyl (C=O) groups is 2. The third-order valence-electron chi connectivity index (χ3n) is 11.0. The number of H-pyrrole nitrogens is 1. The first-order valence-electron chi connectivity index (χ1n) is 19.3. The minimum atomic E-state index is -0.531. The quantitative estimate of drug-likeness (QED) is 0.186. The zero-order valence-electron chi connectivity index (χ0n) is 31.5. The summed E-state index contributed by atoms with van der Waals surface area (Å²) in [4.78, 5) is 42.6. The van der Waals surface area contributed by atoms with Gasteiger partial charge in [0.15, 0.2) is 0 Å². The van der Waals surface area contributed by atoms with Gasteiger partial charge in [0, 0.05) is 47.9 Å². The molecule has 0 spiro atoms. The van der Waals surface area contributed by atoms with Crippen LogP contribution in [-0.4, -0.2) is 62.4 Å². The Bertz CT molecular complexity index is 2360. The third-order valence-corrected chi connectivity index (χ3v) is 11.0. The van der Waals surface area contributed by atoms with E-state index in [0.29, 0.717) is 26.1 Å². The van der Waals surface area contributed by atoms with Crippen molar-refractivity contribution in [1.82, 2.24) is 19.8 Å². The van der Waals surface area contributed by atoms with E-state index in [2.05, 4.69) is 53.5 Å². The molecule has 5 heterocycles. The van der Waals surface area contributed by atoms with E-state index in [-0.39, 0.29) is 30.9 Å². The summed E-state index contributed by atoms with van der Waals surface area (Å²) in [5.74, 6) is 1.66. The number of benzene rings is 4. The van der Waals surface area contributed by atoms with Crippen LogP contribution in [0.2, 0.25) is 0 Å². The van der Waals surface area contributed by atoms with Crippen LogP contribution in [-0.2, 0) is 22.7 Å². The van der Waals surface area contributed by atoms with E-state index in [1.54, 1.807) is 4.90 Å². The van der Waals surface area contributed by atoms with Crippen LogP contribution in [0.1, 0.15) is 81.4 Å². The number of hydrogen-bond donors (Lipinski definition) is 1. The molecule has 0 unspecified atom stereocenters. The normalized spacial score (nSPS) is 19.1. The molecule has 0 aliphatic carbocycles. The largest absolute Gasteiger partial charge is 0.488 e. The van der Waals surface area contributed by atoms with Crippen molar-refractivity contribution in [1.29, 1.82) is 0 Å². The van der Waals surface area contributed by atoms with Crippen molar-refractivity contribution >= 4 is 34.2 Å². The molecular formula is C45H45N5O5. The van der Waals surface area contributed by atoms with Crippen molar-refractivity contribution in [3.05, 3.63) is 114 Å². The number of aromatic amines is 1. The molecule has 5 aromatic rings. The fourth-order valence-electron chi connectivity index (χ4n) is 8.37. The van der Waals surface area contributed by atoms with E-state index < -0.39 is 5.60 Å². The molecule has 9 rings (SSSR count). The Labute approximate surface area is 320 Å². The Hall–Kier alpha value is -5.90. The maximum absolute atomic E-state index is 13.0. The summed E-state index contributed by atoms with van der Waals surface area (Å²) in [5.41, 5.74) is 9.03. The van der Waals surface area contributed by atoms with Crippen molar-refractivity contribution in [2.24, 2.45) is 4.99 Å². The lowest BCUT2D eigenvalue weighted by Crippen LogP contribution is -2.43. The Morgan fingerprint density at radius 1 is 0.873 bits per heavy atom. The fourth-order valence-corrected chi connectivity index (χ4v) is 8.37. The summed E-state index contributed by atoms with van der Waals surface area (Å²) in [5, 5.41) is 2.13. The van der Waals surface area contributed by atoms with Gasteiger partial charge >= 0.3 is 12.2 Å². The summed E-state index contributed by atoms with van der Waals surface area (Å²) in [6.07, 6.45) is 7.52. The molecule has 4 aliphatic rings. The Morgan fingerprint density at radius 2 is 1.64 bits per heavy atom. The molecule has 0 radical (unpaired) electrons. The average molecular weight is 736 g/mol. The molecular weight excluding hydrogens is 691 g/mol. The Morgan fingerprint density at radius 3 is 2.45 bits per heavy atom. The van der Waals surface area contributed by atoms with Gasteiger partial charge in [-0.1, -0.05) is 60.7 Å². The molecule has 10 nitrogen and oxygen atoms in total. The van der Waals surface area contributed by atoms with Crippen LogP contribution in [0.3, 0.4) is 0 Å². The first kappa shape index (κ1) is 34.8. The van der Waals surface area contributed by atoms with Gasteiger partial charge in [0.1, 0.15) is 30.4 Å². The summed E-state index contributed by atoms with van der Waals surface area (Å²) in [6.45, 7) is 7.76. The van der Waals surface area contributed by atoms with E-state index in [1.807, 2.05) is 68.4 Å². The van der Waals surface area contributed by atoms with E-state index in [9.17, 15) is 9.59 Å². The fraction of sp³-hybridized carbons (Fsp3) is 0.333. The number of nitrogens with zero attached hydrogens (tertiary/aromatic N) is 4. The van der Waals surface area contributed by atoms with Gasteiger partial charge in [0.05, 0.1) is 24.0 Å². The van der Waals surface area contributed by atoms with Gasteiger partial charge in [-0.05, 0) is 97.9 Å². The molecule has 2 atom stereocenters. The van der Waals surface area contributed by atoms with E-state index in [1.165, 1.54) is 5.56 Å². The smallest absolute Gasteiger partial charge is 0.410 e. The third kappa shape index (κ3) is 6.86. The van der Waals surface area contributed by atoms with Crippen molar-refractivity contribution in [3.63, 3.8) is 0 Å². The highest BCUT2D eigenvalue weighted by Gasteiger charge is 2.37. The molecule has 4 aliphatic heterocycles. The first-order valence-corrected chi connectivity index (χ1v) is 19.3. The topological polar surface area (TPSA) is 109 Å². The van der Waals surface area contributed by atoms with Gasteiger partial charge in [-0.15, -0.1) is 0 Å². The lowest BCUT2D eigenvalue weighted by molar-refractivity contribution is 0.0265. The Kier molecular flexibility index (Phi) is 8.91. The zero-order valence-corrected chi connectivity index (χ0v) is 31.5. The summed E-state index contributed by atoms with van der Waals surface area (Å²) < 4.78 is 17.8. The second-order valence-corrected chi connectivity index (χ2v) is 15.9. The van der Waals surface area contributed by atoms with Gasteiger partial charge in [-0.2, -0.15) is 0 Å². The highest BCUT2D eigenvalue weighted by atomic mass is 16.6. The second-order valence-electron chi connectivity index (χ2n) is 15.9. The molecule has 0 saturated carbocycles. The van der Waals surface area contributed by atoms with E-state index in [0.717, 1.165) is 92.8 Å². The number of aromatic nitrogens is 2. The predicted octanol–water partition coefficient (Wildman–Crippen LogP) is 9.85. The van der Waals surface area contributed by atoms with Crippen molar-refractivity contribution in [2.45, 2.75) is 83.8 Å². The summed E-state index contributed by atoms with van der Waals surface area (Å²) in [7, 11) is 0. The minimum Gasteiger partial charge on any atom is -0.488 e. The molecule has 2 saturated heterocycles. The van der Waals surface area contributed by atoms with Crippen LogP contribution in [0.4, 0.5) is 9.59 Å². The Balaban J connectivity index is 0.884. The number of nitrogens with one attached hydrogen (secondary N) is 1. The van der Waals surface area contributed by atoms with Gasteiger partial charge in [-0.25, -0.2) is 14.6 Å². The molecule has 1 N–H and O–H groups in total. The lowest BCUT2D eigenvalue weighted by atomic mass is 9.90. The van der Waals surface area contributed by atoms with Crippen molar-refractivity contribution in [3.8, 4) is 28.1 Å². The lowest BCUT2D eigenvalue weighted by Gasteiger charge is -2.28. The number of imidazole rings is 1. The highest BCUT2D eigenvalue weighted by molar-refractivity contribution is 6.03. The van der Waals surface area contributed by atoms with Crippen LogP contribution in [0.25, 0.3) is 38.7 Å². The number of aliphatic imine (C=N–C) groups is 1. The van der Waals surface area contributed by atoms with Crippen molar-refractivity contribution < 1.29 is 23.8 Å². The maximum Gasteiger partial charge on any atom is 0.410 e. The molecule has 2 amide bonds. The second kappa shape index (κ2) is 14.1. The van der Waals surface area contributed by atoms with E-state index >= 15 is 0 Å². The number of carbonyl (C=O) groups excluding carboxylic acids is 2. The number of hydrogen-bond acceptors (Lipinski definition) is 7. The van der Waals surface area contributed by atoms with Gasteiger partial charge in [0.2, 0.25) is 0 Å². The average Bonchev–Trinajstić information content (AvgIpc) is 4.02. The van der Waals surface area contributed by atoms with Crippen molar-refractivity contribution in [2.75, 3.05) is 13.1 Å². The molecule has 2 fully saturated rings. The van der Waals surface area contributed by atoms with Crippen LogP contribution < -0.4 is 4.74 Å². The van der Waals surface area contributed by atoms with Crippen LogP contribution >= 0.6 is 0 Å². The zero-order chi connectivity index (χ0) is 37.7. The molecule has 280 valence electrons. The van der Waals surface area contributed by atoms with Crippen LogP contribution in [0.5, 0.6) is 5.75 Å². The van der Waals surface area contributed by atoms with Gasteiger partial charge in [0.25, 0.3) is 0 Å². The van der Waals surface area contributed by atoms with Gasteiger partial charge < -0.3 is 19.2 Å². The van der Waals surface area contributed by atoms with Crippen LogP contribution in [0.15, 0.2) is 96.3 Å². The number of amides is 2. The number of fused-ring (bicyclic) bond motifs is 5. The minimum absolute atomic E-state index is 0.0284. The number of allylic oxidation sites excluding steroid dienone is 1. The van der Waals surface area contributed by atoms with Crippen LogP contribution in [0, 0.1) is 0 Å². The molecule has 1 aromatic heterocycles.